The van der Waals surface area contributed by atoms with Crippen molar-refractivity contribution in [3.8, 4) is 11.3 Å². The maximum Gasteiger partial charge on any atom is 0.267 e. The molecule has 3 rings (SSSR count). The van der Waals surface area contributed by atoms with Gasteiger partial charge in [-0.05, 0) is 31.5 Å². The van der Waals surface area contributed by atoms with E-state index in [1.807, 2.05) is 26.0 Å². The van der Waals surface area contributed by atoms with Crippen LogP contribution in [0.25, 0.3) is 11.3 Å². The molecule has 0 fully saturated rings. The van der Waals surface area contributed by atoms with E-state index in [1.165, 1.54) is 17.4 Å². The topological polar surface area (TPSA) is 76.9 Å². The van der Waals surface area contributed by atoms with E-state index >= 15 is 0 Å². The van der Waals surface area contributed by atoms with Gasteiger partial charge >= 0.3 is 0 Å². The molecular formula is C18H17ClN4O2S. The summed E-state index contributed by atoms with van der Waals surface area (Å²) in [5.41, 5.74) is 2.02. The van der Waals surface area contributed by atoms with Crippen molar-refractivity contribution in [3.63, 3.8) is 0 Å². The first-order chi connectivity index (χ1) is 12.5. The Balaban J connectivity index is 1.78. The van der Waals surface area contributed by atoms with Gasteiger partial charge in [0.05, 0.1) is 11.4 Å². The van der Waals surface area contributed by atoms with Gasteiger partial charge in [-0.25, -0.2) is 9.67 Å². The minimum Gasteiger partial charge on any atom is -0.300 e. The molecular weight excluding hydrogens is 372 g/mol. The molecule has 0 unspecified atom stereocenters. The van der Waals surface area contributed by atoms with E-state index < -0.39 is 0 Å². The van der Waals surface area contributed by atoms with Crippen molar-refractivity contribution in [2.75, 3.05) is 5.32 Å². The number of nitrogens with one attached hydrogen (secondary N) is 1. The number of hydrogen-bond donors (Lipinski definition) is 1. The van der Waals surface area contributed by atoms with Gasteiger partial charge in [-0.3, -0.25) is 9.59 Å². The van der Waals surface area contributed by atoms with Crippen molar-refractivity contribution in [3.05, 3.63) is 62.3 Å². The Hall–Kier alpha value is -2.51. The van der Waals surface area contributed by atoms with Gasteiger partial charge in [-0.15, -0.1) is 11.3 Å². The monoisotopic (exact) mass is 388 g/mol. The first-order valence-electron chi connectivity index (χ1n) is 8.06. The Bertz CT molecular complexity index is 995. The Morgan fingerprint density at radius 1 is 1.23 bits per heavy atom. The minimum atomic E-state index is -0.345. The summed E-state index contributed by atoms with van der Waals surface area (Å²) in [7, 11) is 0. The summed E-state index contributed by atoms with van der Waals surface area (Å²) in [5, 5.41) is 8.16. The van der Waals surface area contributed by atoms with Gasteiger partial charge in [-0.2, -0.15) is 5.10 Å². The minimum absolute atomic E-state index is 0.180. The number of nitrogens with zero attached hydrogens (tertiary/aromatic N) is 3. The molecule has 26 heavy (non-hydrogen) atoms. The first kappa shape index (κ1) is 18.3. The summed E-state index contributed by atoms with van der Waals surface area (Å²) >= 11 is 7.31. The third-order valence-electron chi connectivity index (χ3n) is 3.77. The van der Waals surface area contributed by atoms with Crippen molar-refractivity contribution in [1.82, 2.24) is 14.8 Å². The third-order valence-corrected chi connectivity index (χ3v) is 4.95. The van der Waals surface area contributed by atoms with Crippen LogP contribution in [0.5, 0.6) is 0 Å². The van der Waals surface area contributed by atoms with Crippen molar-refractivity contribution >= 4 is 34.0 Å². The lowest BCUT2D eigenvalue weighted by Gasteiger charge is -2.07. The van der Waals surface area contributed by atoms with Crippen LogP contribution in [0.4, 0.5) is 5.13 Å². The number of anilines is 1. The molecule has 0 radical (unpaired) electrons. The Labute approximate surface area is 159 Å². The molecule has 6 nitrogen and oxygen atoms in total. The summed E-state index contributed by atoms with van der Waals surface area (Å²) in [6, 6.07) is 10.1. The summed E-state index contributed by atoms with van der Waals surface area (Å²) in [4.78, 5) is 29.8. The van der Waals surface area contributed by atoms with E-state index in [4.69, 9.17) is 11.6 Å². The number of aromatic nitrogens is 3. The molecule has 0 saturated heterocycles. The highest BCUT2D eigenvalue weighted by Gasteiger charge is 2.12. The zero-order chi connectivity index (χ0) is 18.7. The molecule has 0 bridgehead atoms. The standard InChI is InChI=1S/C18H17ClN4O2S/c1-3-14-11(2)26-18(20-14)21-16(24)10-23-17(25)9-8-15(22-23)12-4-6-13(19)7-5-12/h4-9H,3,10H2,1-2H3,(H,20,21,24). The number of thiazole rings is 1. The van der Waals surface area contributed by atoms with E-state index in [9.17, 15) is 9.59 Å². The number of benzene rings is 1. The van der Waals surface area contributed by atoms with E-state index in [0.717, 1.165) is 27.2 Å². The quantitative estimate of drug-likeness (QED) is 0.725. The second-order valence-corrected chi connectivity index (χ2v) is 7.28. The van der Waals surface area contributed by atoms with Gasteiger partial charge in [0.2, 0.25) is 5.91 Å². The molecule has 8 heteroatoms. The fourth-order valence-corrected chi connectivity index (χ4v) is 3.49. The molecule has 2 heterocycles. The van der Waals surface area contributed by atoms with Crippen molar-refractivity contribution < 1.29 is 4.79 Å². The van der Waals surface area contributed by atoms with E-state index in [1.54, 1.807) is 18.2 Å². The summed E-state index contributed by atoms with van der Waals surface area (Å²) in [6.07, 6.45) is 0.808. The lowest BCUT2D eigenvalue weighted by molar-refractivity contribution is -0.117. The van der Waals surface area contributed by atoms with Gasteiger partial charge in [0.25, 0.3) is 5.56 Å². The van der Waals surface area contributed by atoms with Crippen LogP contribution in [-0.4, -0.2) is 20.7 Å². The fraction of sp³-hybridized carbons (Fsp3) is 0.222. The SMILES string of the molecule is CCc1nc(NC(=O)Cn2nc(-c3ccc(Cl)cc3)ccc2=O)sc1C. The van der Waals surface area contributed by atoms with Gasteiger partial charge in [0.1, 0.15) is 6.54 Å². The molecule has 2 aromatic heterocycles. The molecule has 0 atom stereocenters. The average Bonchev–Trinajstić information content (AvgIpc) is 2.97. The zero-order valence-electron chi connectivity index (χ0n) is 14.3. The second-order valence-electron chi connectivity index (χ2n) is 5.64. The van der Waals surface area contributed by atoms with Crippen LogP contribution in [0, 0.1) is 6.92 Å². The second kappa shape index (κ2) is 7.80. The molecule has 0 aliphatic heterocycles. The van der Waals surface area contributed by atoms with Crippen LogP contribution in [0.3, 0.4) is 0 Å². The summed E-state index contributed by atoms with van der Waals surface area (Å²) in [6.45, 7) is 3.80. The van der Waals surface area contributed by atoms with E-state index in [2.05, 4.69) is 15.4 Å². The highest BCUT2D eigenvalue weighted by Crippen LogP contribution is 2.22. The Morgan fingerprint density at radius 2 is 1.96 bits per heavy atom. The Kier molecular flexibility index (Phi) is 5.49. The predicted molar refractivity (Wildman–Crippen MR) is 104 cm³/mol. The number of amides is 1. The average molecular weight is 389 g/mol. The van der Waals surface area contributed by atoms with Crippen LogP contribution in [0.1, 0.15) is 17.5 Å². The number of carbonyl (C=O) groups is 1. The first-order valence-corrected chi connectivity index (χ1v) is 9.26. The van der Waals surface area contributed by atoms with Crippen molar-refractivity contribution in [1.29, 1.82) is 0 Å². The third kappa shape index (κ3) is 4.17. The molecule has 3 aromatic rings. The molecule has 0 saturated carbocycles. The maximum atomic E-state index is 12.3. The number of hydrogen-bond acceptors (Lipinski definition) is 5. The van der Waals surface area contributed by atoms with Crippen LogP contribution < -0.4 is 10.9 Å². The molecule has 0 aliphatic carbocycles. The van der Waals surface area contributed by atoms with E-state index in [-0.39, 0.29) is 18.0 Å². The number of halogens is 1. The number of rotatable bonds is 5. The lowest BCUT2D eigenvalue weighted by atomic mass is 10.1. The van der Waals surface area contributed by atoms with Gasteiger partial charge < -0.3 is 5.32 Å². The number of carbonyl (C=O) groups excluding carboxylic acids is 1. The molecule has 1 amide bonds. The van der Waals surface area contributed by atoms with Gasteiger partial charge in [0.15, 0.2) is 5.13 Å². The largest absolute Gasteiger partial charge is 0.300 e. The molecule has 0 spiro atoms. The number of aryl methyl sites for hydroxylation is 2. The van der Waals surface area contributed by atoms with Crippen molar-refractivity contribution in [2.24, 2.45) is 0 Å². The molecule has 0 aliphatic rings. The highest BCUT2D eigenvalue weighted by atomic mass is 35.5. The summed E-state index contributed by atoms with van der Waals surface area (Å²) < 4.78 is 1.14. The fourth-order valence-electron chi connectivity index (χ4n) is 2.44. The van der Waals surface area contributed by atoms with Crippen LogP contribution in [0.15, 0.2) is 41.2 Å². The van der Waals surface area contributed by atoms with Crippen LogP contribution >= 0.6 is 22.9 Å². The van der Waals surface area contributed by atoms with Crippen molar-refractivity contribution in [2.45, 2.75) is 26.8 Å². The Morgan fingerprint density at radius 3 is 2.62 bits per heavy atom. The van der Waals surface area contributed by atoms with Gasteiger partial charge in [-0.1, -0.05) is 30.7 Å². The lowest BCUT2D eigenvalue weighted by Crippen LogP contribution is -2.29. The molecule has 134 valence electrons. The smallest absolute Gasteiger partial charge is 0.267 e. The normalized spacial score (nSPS) is 10.7. The van der Waals surface area contributed by atoms with Crippen LogP contribution in [-0.2, 0) is 17.8 Å². The zero-order valence-corrected chi connectivity index (χ0v) is 15.9. The maximum absolute atomic E-state index is 12.3. The van der Waals surface area contributed by atoms with Crippen LogP contribution in [0.2, 0.25) is 5.02 Å². The summed E-state index contributed by atoms with van der Waals surface area (Å²) in [5.74, 6) is -0.343. The van der Waals surface area contributed by atoms with Gasteiger partial charge in [0, 0.05) is 21.5 Å². The predicted octanol–water partition coefficient (Wildman–Crippen LogP) is 3.53. The van der Waals surface area contributed by atoms with E-state index in [0.29, 0.717) is 15.8 Å². The highest BCUT2D eigenvalue weighted by molar-refractivity contribution is 7.15. The molecule has 1 aromatic carbocycles. The molecule has 1 N–H and O–H groups in total.